The van der Waals surface area contributed by atoms with Crippen LogP contribution in [0.1, 0.15) is 31.0 Å². The van der Waals surface area contributed by atoms with Gasteiger partial charge in [0.1, 0.15) is 0 Å². The Hall–Kier alpha value is -1.79. The molecule has 0 saturated carbocycles. The molecule has 18 heavy (non-hydrogen) atoms. The van der Waals surface area contributed by atoms with Gasteiger partial charge >= 0.3 is 12.1 Å². The molecule has 0 aliphatic carbocycles. The van der Waals surface area contributed by atoms with Crippen molar-refractivity contribution in [2.24, 2.45) is 7.05 Å². The van der Waals surface area contributed by atoms with Crippen LogP contribution in [0.2, 0.25) is 0 Å². The first kappa shape index (κ1) is 14.3. The molecule has 1 rings (SSSR count). The van der Waals surface area contributed by atoms with Gasteiger partial charge in [0.2, 0.25) is 0 Å². The summed E-state index contributed by atoms with van der Waals surface area (Å²) in [7, 11) is 1.49. The van der Waals surface area contributed by atoms with Crippen molar-refractivity contribution in [3.63, 3.8) is 0 Å². The van der Waals surface area contributed by atoms with Gasteiger partial charge in [-0.25, -0.2) is 4.79 Å². The van der Waals surface area contributed by atoms with E-state index in [1.54, 1.807) is 13.8 Å². The van der Waals surface area contributed by atoms with Crippen molar-refractivity contribution in [3.8, 4) is 0 Å². The lowest BCUT2D eigenvalue weighted by molar-refractivity contribution is -0.131. The molecule has 1 heterocycles. The minimum atomic E-state index is -4.73. The van der Waals surface area contributed by atoms with Crippen molar-refractivity contribution in [1.82, 2.24) is 9.78 Å². The second-order valence-corrected chi connectivity index (χ2v) is 4.15. The van der Waals surface area contributed by atoms with E-state index >= 15 is 0 Å². The van der Waals surface area contributed by atoms with E-state index in [0.717, 1.165) is 0 Å². The van der Waals surface area contributed by atoms with Crippen molar-refractivity contribution < 1.29 is 23.1 Å². The summed E-state index contributed by atoms with van der Waals surface area (Å²) in [5, 5.41) is 12.5. The van der Waals surface area contributed by atoms with E-state index < -0.39 is 17.7 Å². The van der Waals surface area contributed by atoms with Crippen LogP contribution in [0.4, 0.5) is 13.2 Å². The summed E-state index contributed by atoms with van der Waals surface area (Å²) in [6.07, 6.45) is -3.38. The highest BCUT2D eigenvalue weighted by Crippen LogP contribution is 2.36. The zero-order chi connectivity index (χ0) is 14.1. The fourth-order valence-corrected chi connectivity index (χ4v) is 1.58. The molecule has 0 amide bonds. The van der Waals surface area contributed by atoms with Gasteiger partial charge in [-0.3, -0.25) is 4.68 Å². The Kier molecular flexibility index (Phi) is 3.83. The molecule has 0 aliphatic rings. The summed E-state index contributed by atoms with van der Waals surface area (Å²) in [5.74, 6) is -1.87. The number of hydrogen-bond donors (Lipinski definition) is 1. The first-order valence-corrected chi connectivity index (χ1v) is 5.18. The zero-order valence-electron chi connectivity index (χ0n) is 10.1. The van der Waals surface area contributed by atoms with E-state index in [-0.39, 0.29) is 23.3 Å². The number of allylic oxidation sites excluding steroid dienone is 1. The highest BCUT2D eigenvalue weighted by Gasteiger charge is 2.37. The Labute approximate surface area is 102 Å². The molecule has 7 heteroatoms. The van der Waals surface area contributed by atoms with E-state index in [1.807, 2.05) is 0 Å². The molecule has 0 bridgehead atoms. The smallest absolute Gasteiger partial charge is 0.417 e. The summed E-state index contributed by atoms with van der Waals surface area (Å²) in [6, 6.07) is 0. The molecule has 0 aliphatic heterocycles. The van der Waals surface area contributed by atoms with Gasteiger partial charge in [-0.05, 0) is 5.92 Å². The Balaban J connectivity index is 3.44. The van der Waals surface area contributed by atoms with E-state index in [0.29, 0.717) is 0 Å². The SMILES string of the molecule is CC(C)c1nn(C)cc1C(=CC(=O)O)C(F)(F)F. The number of aryl methyl sites for hydroxylation is 1. The molecule has 0 unspecified atom stereocenters. The molecule has 0 saturated heterocycles. The van der Waals surface area contributed by atoms with Crippen LogP contribution < -0.4 is 0 Å². The molecular formula is C11H13F3N2O2. The molecule has 1 aromatic rings. The third kappa shape index (κ3) is 3.12. The van der Waals surface area contributed by atoms with Gasteiger partial charge in [0, 0.05) is 24.9 Å². The maximum atomic E-state index is 12.9. The van der Waals surface area contributed by atoms with E-state index in [2.05, 4.69) is 5.10 Å². The number of carboxylic acids is 1. The van der Waals surface area contributed by atoms with Crippen LogP contribution in [-0.2, 0) is 11.8 Å². The van der Waals surface area contributed by atoms with Crippen molar-refractivity contribution in [3.05, 3.63) is 23.5 Å². The number of carbonyl (C=O) groups is 1. The molecule has 100 valence electrons. The largest absolute Gasteiger partial charge is 0.478 e. The third-order valence-electron chi connectivity index (χ3n) is 2.27. The highest BCUT2D eigenvalue weighted by atomic mass is 19.4. The van der Waals surface area contributed by atoms with Gasteiger partial charge in [-0.2, -0.15) is 18.3 Å². The monoisotopic (exact) mass is 262 g/mol. The lowest BCUT2D eigenvalue weighted by atomic mass is 9.99. The first-order valence-electron chi connectivity index (χ1n) is 5.18. The number of aliphatic carboxylic acids is 1. The summed E-state index contributed by atoms with van der Waals surface area (Å²) in [4.78, 5) is 10.5. The minimum absolute atomic E-state index is 0.170. The number of hydrogen-bond acceptors (Lipinski definition) is 2. The Morgan fingerprint density at radius 1 is 1.50 bits per heavy atom. The van der Waals surface area contributed by atoms with Crippen LogP contribution in [0.25, 0.3) is 5.57 Å². The molecule has 0 aromatic carbocycles. The van der Waals surface area contributed by atoms with Crippen molar-refractivity contribution in [1.29, 1.82) is 0 Å². The average Bonchev–Trinajstić information content (AvgIpc) is 2.54. The topological polar surface area (TPSA) is 55.1 Å². The van der Waals surface area contributed by atoms with Gasteiger partial charge in [-0.1, -0.05) is 13.8 Å². The Bertz CT molecular complexity index is 487. The number of halogens is 3. The van der Waals surface area contributed by atoms with Crippen LogP contribution in [0.5, 0.6) is 0 Å². The van der Waals surface area contributed by atoms with Crippen molar-refractivity contribution in [2.45, 2.75) is 25.9 Å². The van der Waals surface area contributed by atoms with Crippen LogP contribution in [-0.4, -0.2) is 27.0 Å². The fraction of sp³-hybridized carbons (Fsp3) is 0.455. The molecule has 0 spiro atoms. The maximum Gasteiger partial charge on any atom is 0.417 e. The predicted octanol–water partition coefficient (Wildman–Crippen LogP) is 2.57. The maximum absolute atomic E-state index is 12.9. The zero-order valence-corrected chi connectivity index (χ0v) is 10.1. The number of aromatic nitrogens is 2. The van der Waals surface area contributed by atoms with Crippen molar-refractivity contribution >= 4 is 11.5 Å². The normalized spacial score (nSPS) is 13.2. The van der Waals surface area contributed by atoms with E-state index in [1.165, 1.54) is 17.9 Å². The Morgan fingerprint density at radius 3 is 2.44 bits per heavy atom. The standard InChI is InChI=1S/C11H13F3N2O2/c1-6(2)10-7(5-16(3)15-10)8(4-9(17)18)11(12,13)14/h4-6H,1-3H3,(H,17,18). The van der Waals surface area contributed by atoms with Gasteiger partial charge in [-0.15, -0.1) is 0 Å². The van der Waals surface area contributed by atoms with Gasteiger partial charge in [0.15, 0.2) is 0 Å². The second kappa shape index (κ2) is 4.83. The quantitative estimate of drug-likeness (QED) is 0.852. The minimum Gasteiger partial charge on any atom is -0.478 e. The number of nitrogens with zero attached hydrogens (tertiary/aromatic N) is 2. The molecule has 0 atom stereocenters. The molecule has 4 nitrogen and oxygen atoms in total. The second-order valence-electron chi connectivity index (χ2n) is 4.15. The molecular weight excluding hydrogens is 249 g/mol. The fourth-order valence-electron chi connectivity index (χ4n) is 1.58. The number of rotatable bonds is 3. The van der Waals surface area contributed by atoms with Crippen LogP contribution >= 0.6 is 0 Å². The van der Waals surface area contributed by atoms with Gasteiger partial charge in [0.05, 0.1) is 11.3 Å². The summed E-state index contributed by atoms with van der Waals surface area (Å²) in [5.41, 5.74) is -1.16. The van der Waals surface area contributed by atoms with Gasteiger partial charge < -0.3 is 5.11 Å². The predicted molar refractivity (Wildman–Crippen MR) is 59.0 cm³/mol. The van der Waals surface area contributed by atoms with E-state index in [4.69, 9.17) is 5.11 Å². The summed E-state index contributed by atoms with van der Waals surface area (Å²) in [6.45, 7) is 3.39. The number of carboxylic acid groups (broad SMARTS) is 1. The van der Waals surface area contributed by atoms with Crippen LogP contribution in [0, 0.1) is 0 Å². The lowest BCUT2D eigenvalue weighted by Crippen LogP contribution is -2.13. The van der Waals surface area contributed by atoms with Crippen LogP contribution in [0.15, 0.2) is 12.3 Å². The first-order chi connectivity index (χ1) is 8.12. The third-order valence-corrected chi connectivity index (χ3v) is 2.27. The molecule has 0 radical (unpaired) electrons. The molecule has 0 fully saturated rings. The number of alkyl halides is 3. The molecule has 1 N–H and O–H groups in total. The van der Waals surface area contributed by atoms with E-state index in [9.17, 15) is 18.0 Å². The summed E-state index contributed by atoms with van der Waals surface area (Å²) < 4.78 is 39.8. The summed E-state index contributed by atoms with van der Waals surface area (Å²) >= 11 is 0. The molecule has 1 aromatic heterocycles. The van der Waals surface area contributed by atoms with Crippen molar-refractivity contribution in [2.75, 3.05) is 0 Å². The lowest BCUT2D eigenvalue weighted by Gasteiger charge is -2.12. The Morgan fingerprint density at radius 2 is 2.06 bits per heavy atom. The van der Waals surface area contributed by atoms with Gasteiger partial charge in [0.25, 0.3) is 0 Å². The highest BCUT2D eigenvalue weighted by molar-refractivity contribution is 5.91. The average molecular weight is 262 g/mol. The van der Waals surface area contributed by atoms with Crippen LogP contribution in [0.3, 0.4) is 0 Å².